The highest BCUT2D eigenvalue weighted by Gasteiger charge is 2.14. The summed E-state index contributed by atoms with van der Waals surface area (Å²) in [6, 6.07) is 6.21. The molecule has 108 valence electrons. The highest BCUT2D eigenvalue weighted by molar-refractivity contribution is 7.92. The number of benzene rings is 1. The number of carbonyl (C=O) groups is 1. The minimum absolute atomic E-state index is 0. The zero-order valence-electron chi connectivity index (χ0n) is 10.7. The smallest absolute Gasteiger partial charge is 0.253 e. The first-order valence-corrected chi connectivity index (χ1v) is 7.30. The number of halogens is 1. The standard InChI is InChI=1S/C11H17N3O3S.ClH/c1-8(7-12)13-11(15)9-5-3-4-6-10(9)14-18(2,16)17;/h3-6,8,14H,7,12H2,1-2H3,(H,13,15);1H/t8-;/m0./s1. The van der Waals surface area contributed by atoms with Crippen LogP contribution >= 0.6 is 12.4 Å². The van der Waals surface area contributed by atoms with E-state index in [0.29, 0.717) is 6.54 Å². The van der Waals surface area contributed by atoms with E-state index in [4.69, 9.17) is 5.73 Å². The van der Waals surface area contributed by atoms with Crippen LogP contribution in [0.1, 0.15) is 17.3 Å². The fourth-order valence-electron chi connectivity index (χ4n) is 1.33. The Labute approximate surface area is 119 Å². The number of nitrogens with one attached hydrogen (secondary N) is 2. The molecule has 0 saturated heterocycles. The number of rotatable bonds is 5. The molecule has 1 amide bonds. The van der Waals surface area contributed by atoms with Crippen LogP contribution in [0.4, 0.5) is 5.69 Å². The molecule has 1 aromatic rings. The van der Waals surface area contributed by atoms with Gasteiger partial charge in [-0.25, -0.2) is 8.42 Å². The van der Waals surface area contributed by atoms with Crippen molar-refractivity contribution in [1.29, 1.82) is 0 Å². The van der Waals surface area contributed by atoms with Crippen molar-refractivity contribution in [2.45, 2.75) is 13.0 Å². The van der Waals surface area contributed by atoms with Crippen LogP contribution < -0.4 is 15.8 Å². The number of anilines is 1. The molecular weight excluding hydrogens is 290 g/mol. The second-order valence-electron chi connectivity index (χ2n) is 4.03. The second kappa shape index (κ2) is 7.32. The van der Waals surface area contributed by atoms with Crippen molar-refractivity contribution in [3.8, 4) is 0 Å². The minimum atomic E-state index is -3.42. The molecule has 4 N–H and O–H groups in total. The minimum Gasteiger partial charge on any atom is -0.348 e. The second-order valence-corrected chi connectivity index (χ2v) is 5.78. The Morgan fingerprint density at radius 2 is 1.95 bits per heavy atom. The van der Waals surface area contributed by atoms with Gasteiger partial charge >= 0.3 is 0 Å². The van der Waals surface area contributed by atoms with Crippen LogP contribution in [0.25, 0.3) is 0 Å². The number of para-hydroxylation sites is 1. The Balaban J connectivity index is 0.00000324. The lowest BCUT2D eigenvalue weighted by atomic mass is 10.1. The predicted octanol–water partition coefficient (Wildman–Crippen LogP) is 0.557. The van der Waals surface area contributed by atoms with E-state index in [2.05, 4.69) is 10.0 Å². The summed E-state index contributed by atoms with van der Waals surface area (Å²) in [5.74, 6) is -0.361. The SMILES string of the molecule is C[C@@H](CN)NC(=O)c1ccccc1NS(C)(=O)=O.Cl. The molecule has 0 aliphatic heterocycles. The van der Waals surface area contributed by atoms with Gasteiger partial charge in [0.1, 0.15) is 0 Å². The van der Waals surface area contributed by atoms with Gasteiger partial charge in [0.05, 0.1) is 17.5 Å². The third kappa shape index (κ3) is 5.91. The normalized spacial score (nSPS) is 12.2. The summed E-state index contributed by atoms with van der Waals surface area (Å²) >= 11 is 0. The van der Waals surface area contributed by atoms with E-state index in [9.17, 15) is 13.2 Å². The van der Waals surface area contributed by atoms with Gasteiger partial charge in [0.15, 0.2) is 0 Å². The van der Waals surface area contributed by atoms with Crippen LogP contribution in [0, 0.1) is 0 Å². The molecule has 0 radical (unpaired) electrons. The Bertz CT molecular complexity index is 534. The summed E-state index contributed by atoms with van der Waals surface area (Å²) in [6.07, 6.45) is 1.03. The van der Waals surface area contributed by atoms with E-state index in [1.54, 1.807) is 25.1 Å². The number of hydrogen-bond acceptors (Lipinski definition) is 4. The van der Waals surface area contributed by atoms with Gasteiger partial charge in [-0.15, -0.1) is 12.4 Å². The highest BCUT2D eigenvalue weighted by atomic mass is 35.5. The van der Waals surface area contributed by atoms with Gasteiger partial charge < -0.3 is 11.1 Å². The van der Waals surface area contributed by atoms with Gasteiger partial charge in [-0.1, -0.05) is 12.1 Å². The number of carbonyl (C=O) groups excluding carboxylic acids is 1. The molecule has 0 aliphatic carbocycles. The summed E-state index contributed by atoms with van der Waals surface area (Å²) in [5.41, 5.74) is 5.93. The van der Waals surface area contributed by atoms with Crippen LogP contribution in [-0.2, 0) is 10.0 Å². The molecule has 1 aromatic carbocycles. The lowest BCUT2D eigenvalue weighted by Gasteiger charge is -2.14. The van der Waals surface area contributed by atoms with Crippen LogP contribution in [0.15, 0.2) is 24.3 Å². The number of hydrogen-bond donors (Lipinski definition) is 3. The number of amides is 1. The summed E-state index contributed by atoms with van der Waals surface area (Å²) in [7, 11) is -3.42. The zero-order chi connectivity index (χ0) is 13.8. The topological polar surface area (TPSA) is 101 Å². The third-order valence-electron chi connectivity index (χ3n) is 2.20. The summed E-state index contributed by atoms with van der Waals surface area (Å²) in [4.78, 5) is 11.9. The molecule has 8 heteroatoms. The van der Waals surface area contributed by atoms with E-state index in [-0.39, 0.29) is 35.6 Å². The van der Waals surface area contributed by atoms with Crippen molar-refractivity contribution in [3.63, 3.8) is 0 Å². The Morgan fingerprint density at radius 1 is 1.37 bits per heavy atom. The van der Waals surface area contributed by atoms with E-state index in [0.717, 1.165) is 6.26 Å². The first kappa shape index (κ1) is 17.7. The van der Waals surface area contributed by atoms with Gasteiger partial charge in [0, 0.05) is 12.6 Å². The maximum atomic E-state index is 11.9. The molecule has 0 aliphatic rings. The summed E-state index contributed by atoms with van der Waals surface area (Å²) < 4.78 is 24.7. The first-order valence-electron chi connectivity index (χ1n) is 5.41. The molecule has 0 saturated carbocycles. The Kier molecular flexibility index (Phi) is 6.82. The van der Waals surface area contributed by atoms with Crippen molar-refractivity contribution >= 4 is 34.0 Å². The average molecular weight is 308 g/mol. The van der Waals surface area contributed by atoms with Gasteiger partial charge in [-0.3, -0.25) is 9.52 Å². The zero-order valence-corrected chi connectivity index (χ0v) is 12.3. The van der Waals surface area contributed by atoms with E-state index in [1.165, 1.54) is 6.07 Å². The number of nitrogens with two attached hydrogens (primary N) is 1. The number of sulfonamides is 1. The van der Waals surface area contributed by atoms with Gasteiger partial charge in [0.2, 0.25) is 10.0 Å². The quantitative estimate of drug-likeness (QED) is 0.739. The Hall–Kier alpha value is -1.31. The van der Waals surface area contributed by atoms with Crippen molar-refractivity contribution in [2.75, 3.05) is 17.5 Å². The fourth-order valence-corrected chi connectivity index (χ4v) is 1.91. The molecule has 0 aromatic heterocycles. The molecule has 1 rings (SSSR count). The molecule has 0 fully saturated rings. The predicted molar refractivity (Wildman–Crippen MR) is 78.1 cm³/mol. The van der Waals surface area contributed by atoms with Gasteiger partial charge in [-0.05, 0) is 19.1 Å². The lowest BCUT2D eigenvalue weighted by Crippen LogP contribution is -2.38. The van der Waals surface area contributed by atoms with Crippen LogP contribution in [-0.4, -0.2) is 33.2 Å². The van der Waals surface area contributed by atoms with Gasteiger partial charge in [-0.2, -0.15) is 0 Å². The maximum Gasteiger partial charge on any atom is 0.253 e. The molecular formula is C11H18ClN3O3S. The molecule has 19 heavy (non-hydrogen) atoms. The van der Waals surface area contributed by atoms with Gasteiger partial charge in [0.25, 0.3) is 5.91 Å². The van der Waals surface area contributed by atoms with Crippen molar-refractivity contribution in [1.82, 2.24) is 5.32 Å². The highest BCUT2D eigenvalue weighted by Crippen LogP contribution is 2.16. The van der Waals surface area contributed by atoms with E-state index < -0.39 is 10.0 Å². The molecule has 1 atom stereocenters. The molecule has 0 bridgehead atoms. The Morgan fingerprint density at radius 3 is 2.47 bits per heavy atom. The molecule has 0 unspecified atom stereocenters. The summed E-state index contributed by atoms with van der Waals surface area (Å²) in [6.45, 7) is 2.08. The molecule has 0 heterocycles. The van der Waals surface area contributed by atoms with Crippen molar-refractivity contribution in [3.05, 3.63) is 29.8 Å². The maximum absolute atomic E-state index is 11.9. The monoisotopic (exact) mass is 307 g/mol. The molecule has 6 nitrogen and oxygen atoms in total. The third-order valence-corrected chi connectivity index (χ3v) is 2.79. The largest absolute Gasteiger partial charge is 0.348 e. The van der Waals surface area contributed by atoms with E-state index in [1.807, 2.05) is 0 Å². The van der Waals surface area contributed by atoms with Crippen molar-refractivity contribution in [2.24, 2.45) is 5.73 Å². The average Bonchev–Trinajstić information content (AvgIpc) is 2.27. The summed E-state index contributed by atoms with van der Waals surface area (Å²) in [5, 5.41) is 2.67. The van der Waals surface area contributed by atoms with Crippen molar-refractivity contribution < 1.29 is 13.2 Å². The van der Waals surface area contributed by atoms with Crippen LogP contribution in [0.2, 0.25) is 0 Å². The van der Waals surface area contributed by atoms with E-state index >= 15 is 0 Å². The fraction of sp³-hybridized carbons (Fsp3) is 0.364. The first-order chi connectivity index (χ1) is 8.33. The molecule has 0 spiro atoms. The van der Waals surface area contributed by atoms with Crippen LogP contribution in [0.3, 0.4) is 0 Å². The lowest BCUT2D eigenvalue weighted by molar-refractivity contribution is 0.0942. The van der Waals surface area contributed by atoms with Crippen LogP contribution in [0.5, 0.6) is 0 Å².